The zero-order chi connectivity index (χ0) is 10.1. The Bertz CT molecular complexity index is 351. The van der Waals surface area contributed by atoms with Crippen molar-refractivity contribution in [2.24, 2.45) is 0 Å². The number of phenols is 3. The van der Waals surface area contributed by atoms with E-state index in [0.717, 1.165) is 19.4 Å². The minimum atomic E-state index is -0.434. The van der Waals surface area contributed by atoms with Crippen molar-refractivity contribution >= 4 is 12.4 Å². The lowest BCUT2D eigenvalue weighted by Gasteiger charge is -2.13. The summed E-state index contributed by atoms with van der Waals surface area (Å²) in [6, 6.07) is 3.11. The monoisotopic (exact) mass is 231 g/mol. The highest BCUT2D eigenvalue weighted by molar-refractivity contribution is 5.85. The van der Waals surface area contributed by atoms with E-state index in [4.69, 9.17) is 5.11 Å². The number of benzene rings is 1. The Kier molecular flexibility index (Phi) is 3.66. The molecule has 1 aromatic carbocycles. The van der Waals surface area contributed by atoms with Crippen LogP contribution in [0.1, 0.15) is 24.4 Å². The third-order valence-corrected chi connectivity index (χ3v) is 2.60. The van der Waals surface area contributed by atoms with Gasteiger partial charge in [-0.05, 0) is 31.5 Å². The first kappa shape index (κ1) is 11.9. The summed E-state index contributed by atoms with van der Waals surface area (Å²) < 4.78 is 0. The fourth-order valence-electron chi connectivity index (χ4n) is 1.82. The molecule has 0 spiro atoms. The predicted molar refractivity (Wildman–Crippen MR) is 58.7 cm³/mol. The summed E-state index contributed by atoms with van der Waals surface area (Å²) in [5.74, 6) is -0.940. The van der Waals surface area contributed by atoms with Gasteiger partial charge in [-0.3, -0.25) is 0 Å². The van der Waals surface area contributed by atoms with Gasteiger partial charge < -0.3 is 20.6 Å². The third kappa shape index (κ3) is 2.11. The summed E-state index contributed by atoms with van der Waals surface area (Å²) in [6.45, 7) is 0.922. The quantitative estimate of drug-likeness (QED) is 0.555. The van der Waals surface area contributed by atoms with Crippen LogP contribution in [0.25, 0.3) is 0 Å². The van der Waals surface area contributed by atoms with Crippen LogP contribution in [0.2, 0.25) is 0 Å². The molecule has 0 unspecified atom stereocenters. The first-order valence-corrected chi connectivity index (χ1v) is 4.67. The first-order valence-electron chi connectivity index (χ1n) is 4.67. The van der Waals surface area contributed by atoms with Gasteiger partial charge in [-0.2, -0.15) is 0 Å². The van der Waals surface area contributed by atoms with E-state index in [-0.39, 0.29) is 29.9 Å². The second-order valence-corrected chi connectivity index (χ2v) is 3.52. The van der Waals surface area contributed by atoms with E-state index in [2.05, 4.69) is 5.32 Å². The summed E-state index contributed by atoms with van der Waals surface area (Å²) in [6.07, 6.45) is 2.00. The SMILES string of the molecule is Cl.Oc1ccc([C@H]2CCCN2)c(O)c1O. The number of aromatic hydroxyl groups is 3. The lowest BCUT2D eigenvalue weighted by molar-refractivity contribution is 0.362. The Labute approximate surface area is 94.0 Å². The molecule has 1 fully saturated rings. The maximum Gasteiger partial charge on any atom is 0.200 e. The Hall–Kier alpha value is -1.13. The topological polar surface area (TPSA) is 72.7 Å². The van der Waals surface area contributed by atoms with E-state index in [9.17, 15) is 10.2 Å². The van der Waals surface area contributed by atoms with E-state index in [1.165, 1.54) is 6.07 Å². The van der Waals surface area contributed by atoms with Crippen LogP contribution >= 0.6 is 12.4 Å². The largest absolute Gasteiger partial charge is 0.504 e. The number of hydrogen-bond acceptors (Lipinski definition) is 4. The fourth-order valence-corrected chi connectivity index (χ4v) is 1.82. The van der Waals surface area contributed by atoms with Crippen LogP contribution in [-0.4, -0.2) is 21.9 Å². The molecule has 2 rings (SSSR count). The lowest BCUT2D eigenvalue weighted by atomic mass is 10.0. The van der Waals surface area contributed by atoms with Crippen molar-refractivity contribution in [2.75, 3.05) is 6.54 Å². The van der Waals surface area contributed by atoms with E-state index in [1.807, 2.05) is 0 Å². The van der Waals surface area contributed by atoms with Crippen molar-refractivity contribution in [3.8, 4) is 17.2 Å². The average molecular weight is 232 g/mol. The predicted octanol–water partition coefficient (Wildman–Crippen LogP) is 1.65. The van der Waals surface area contributed by atoms with Crippen LogP contribution in [0, 0.1) is 0 Å². The summed E-state index contributed by atoms with van der Waals surface area (Å²) in [5, 5.41) is 31.3. The minimum Gasteiger partial charge on any atom is -0.504 e. The van der Waals surface area contributed by atoms with Gasteiger partial charge in [0.05, 0.1) is 0 Å². The molecule has 1 atom stereocenters. The molecule has 5 heteroatoms. The highest BCUT2D eigenvalue weighted by atomic mass is 35.5. The first-order chi connectivity index (χ1) is 6.70. The van der Waals surface area contributed by atoms with Crippen molar-refractivity contribution < 1.29 is 15.3 Å². The highest BCUT2D eigenvalue weighted by Crippen LogP contribution is 2.41. The maximum atomic E-state index is 9.59. The molecule has 4 N–H and O–H groups in total. The van der Waals surface area contributed by atoms with Crippen LogP contribution in [0.4, 0.5) is 0 Å². The highest BCUT2D eigenvalue weighted by Gasteiger charge is 2.21. The van der Waals surface area contributed by atoms with Crippen LogP contribution in [0.15, 0.2) is 12.1 Å². The molecule has 0 aromatic heterocycles. The number of phenolic OH excluding ortho intramolecular Hbond substituents is 3. The van der Waals surface area contributed by atoms with Crippen molar-refractivity contribution in [3.63, 3.8) is 0 Å². The molecular weight excluding hydrogens is 218 g/mol. The fraction of sp³-hybridized carbons (Fsp3) is 0.400. The zero-order valence-corrected chi connectivity index (χ0v) is 8.92. The Morgan fingerprint density at radius 1 is 1.13 bits per heavy atom. The molecule has 4 nitrogen and oxygen atoms in total. The van der Waals surface area contributed by atoms with Gasteiger partial charge >= 0.3 is 0 Å². The molecule has 1 heterocycles. The number of halogens is 1. The molecule has 0 aliphatic carbocycles. The smallest absolute Gasteiger partial charge is 0.200 e. The Morgan fingerprint density at radius 3 is 2.47 bits per heavy atom. The van der Waals surface area contributed by atoms with Crippen LogP contribution in [-0.2, 0) is 0 Å². The van der Waals surface area contributed by atoms with Gasteiger partial charge in [0, 0.05) is 11.6 Å². The van der Waals surface area contributed by atoms with Gasteiger partial charge in [-0.1, -0.05) is 0 Å². The Balaban J connectivity index is 0.00000112. The molecular formula is C10H14ClNO3. The van der Waals surface area contributed by atoms with Crippen molar-refractivity contribution in [3.05, 3.63) is 17.7 Å². The molecule has 0 saturated carbocycles. The van der Waals surface area contributed by atoms with Crippen molar-refractivity contribution in [1.29, 1.82) is 0 Å². The van der Waals surface area contributed by atoms with E-state index in [1.54, 1.807) is 6.07 Å². The third-order valence-electron chi connectivity index (χ3n) is 2.60. The lowest BCUT2D eigenvalue weighted by Crippen LogP contribution is -2.12. The van der Waals surface area contributed by atoms with Gasteiger partial charge in [0.1, 0.15) is 0 Å². The standard InChI is InChI=1S/C10H13NO3.ClH/c12-8-4-3-6(9(13)10(8)14)7-2-1-5-11-7;/h3-4,7,11-14H,1-2,5H2;1H/t7-;/m1./s1. The number of rotatable bonds is 1. The van der Waals surface area contributed by atoms with Gasteiger partial charge in [0.2, 0.25) is 5.75 Å². The zero-order valence-electron chi connectivity index (χ0n) is 8.10. The maximum absolute atomic E-state index is 9.59. The van der Waals surface area contributed by atoms with Crippen LogP contribution < -0.4 is 5.32 Å². The second-order valence-electron chi connectivity index (χ2n) is 3.52. The van der Waals surface area contributed by atoms with Gasteiger partial charge in [-0.25, -0.2) is 0 Å². The van der Waals surface area contributed by atoms with Crippen LogP contribution in [0.3, 0.4) is 0 Å². The molecule has 15 heavy (non-hydrogen) atoms. The summed E-state index contributed by atoms with van der Waals surface area (Å²) in [7, 11) is 0. The van der Waals surface area contributed by atoms with Gasteiger partial charge in [0.15, 0.2) is 11.5 Å². The van der Waals surface area contributed by atoms with E-state index < -0.39 is 5.75 Å². The summed E-state index contributed by atoms with van der Waals surface area (Å²) >= 11 is 0. The molecule has 1 aliphatic heterocycles. The molecule has 84 valence electrons. The molecule has 0 radical (unpaired) electrons. The van der Waals surface area contributed by atoms with Crippen molar-refractivity contribution in [2.45, 2.75) is 18.9 Å². The van der Waals surface area contributed by atoms with E-state index in [0.29, 0.717) is 5.56 Å². The summed E-state index contributed by atoms with van der Waals surface area (Å²) in [4.78, 5) is 0. The van der Waals surface area contributed by atoms with Crippen LogP contribution in [0.5, 0.6) is 17.2 Å². The Morgan fingerprint density at radius 2 is 1.87 bits per heavy atom. The van der Waals surface area contributed by atoms with Gasteiger partial charge in [-0.15, -0.1) is 12.4 Å². The summed E-state index contributed by atoms with van der Waals surface area (Å²) in [5.41, 5.74) is 0.651. The number of nitrogens with one attached hydrogen (secondary N) is 1. The molecule has 1 aliphatic rings. The normalized spacial score (nSPS) is 19.9. The molecule has 1 aromatic rings. The molecule has 0 amide bonds. The second kappa shape index (κ2) is 4.59. The van der Waals surface area contributed by atoms with E-state index >= 15 is 0 Å². The van der Waals surface area contributed by atoms with Gasteiger partial charge in [0.25, 0.3) is 0 Å². The molecule has 0 bridgehead atoms. The minimum absolute atomic E-state index is 0. The number of hydrogen-bond donors (Lipinski definition) is 4. The van der Waals surface area contributed by atoms with Crippen molar-refractivity contribution in [1.82, 2.24) is 5.32 Å². The molecule has 1 saturated heterocycles. The average Bonchev–Trinajstić information content (AvgIpc) is 2.67.